The Morgan fingerprint density at radius 1 is 1.33 bits per heavy atom. The van der Waals surface area contributed by atoms with Crippen LogP contribution in [0.5, 0.6) is 0 Å². The molecular weight excluding hydrogens is 210 g/mol. The maximum atomic E-state index is 4.89. The summed E-state index contributed by atoms with van der Waals surface area (Å²) >= 11 is 1.74. The van der Waals surface area contributed by atoms with E-state index in [-0.39, 0.29) is 0 Å². The molecule has 0 bridgehead atoms. The fourth-order valence-electron chi connectivity index (χ4n) is 1.29. The highest BCUT2D eigenvalue weighted by Crippen LogP contribution is 2.05. The third-order valence-electron chi connectivity index (χ3n) is 2.09. The first-order valence-corrected chi connectivity index (χ1v) is 5.87. The van der Waals surface area contributed by atoms with Gasteiger partial charge >= 0.3 is 0 Å². The molecule has 0 aliphatic heterocycles. The van der Waals surface area contributed by atoms with E-state index in [0.29, 0.717) is 5.89 Å². The summed E-state index contributed by atoms with van der Waals surface area (Å²) in [5.74, 6) is 0.693. The van der Waals surface area contributed by atoms with Crippen LogP contribution in [0, 0.1) is 0 Å². The Morgan fingerprint density at radius 2 is 2.27 bits per heavy atom. The van der Waals surface area contributed by atoms with E-state index in [1.807, 2.05) is 0 Å². The summed E-state index contributed by atoms with van der Waals surface area (Å²) in [4.78, 5) is 3.95. The molecule has 0 atom stereocenters. The van der Waals surface area contributed by atoms with Gasteiger partial charge < -0.3 is 9.84 Å². The summed E-state index contributed by atoms with van der Waals surface area (Å²) in [5.41, 5.74) is 1.39. The zero-order chi connectivity index (χ0) is 10.3. The van der Waals surface area contributed by atoms with Gasteiger partial charge in [-0.15, -0.1) is 0 Å². The zero-order valence-electron chi connectivity index (χ0n) is 8.35. The lowest BCUT2D eigenvalue weighted by atomic mass is 10.2. The molecule has 2 rings (SSSR count). The van der Waals surface area contributed by atoms with Crippen LogP contribution in [-0.2, 0) is 12.8 Å². The number of aromatic nitrogens is 2. The molecule has 0 aromatic carbocycles. The summed E-state index contributed by atoms with van der Waals surface area (Å²) in [6.07, 6.45) is 3.30. The molecule has 2 aromatic rings. The van der Waals surface area contributed by atoms with E-state index in [1.54, 1.807) is 11.3 Å². The normalized spacial score (nSPS) is 10.7. The van der Waals surface area contributed by atoms with Crippen LogP contribution in [0.2, 0.25) is 0 Å². The van der Waals surface area contributed by atoms with Crippen molar-refractivity contribution in [1.29, 1.82) is 0 Å². The van der Waals surface area contributed by atoms with Crippen LogP contribution in [0.1, 0.15) is 11.5 Å². The van der Waals surface area contributed by atoms with Crippen molar-refractivity contribution in [3.8, 4) is 0 Å². The van der Waals surface area contributed by atoms with Gasteiger partial charge in [-0.25, -0.2) is 0 Å². The second-order valence-corrected chi connectivity index (χ2v) is 4.00. The van der Waals surface area contributed by atoms with Crippen molar-refractivity contribution in [2.24, 2.45) is 0 Å². The van der Waals surface area contributed by atoms with Gasteiger partial charge in [-0.2, -0.15) is 16.3 Å². The van der Waals surface area contributed by atoms with Crippen LogP contribution in [0.15, 0.2) is 27.7 Å². The molecule has 1 N–H and O–H groups in total. The Labute approximate surface area is 92.3 Å². The van der Waals surface area contributed by atoms with Crippen molar-refractivity contribution in [2.75, 3.05) is 13.1 Å². The van der Waals surface area contributed by atoms with Gasteiger partial charge in [0.15, 0.2) is 6.33 Å². The minimum absolute atomic E-state index is 0.693. The molecule has 0 saturated heterocycles. The number of nitrogens with one attached hydrogen (secondary N) is 1. The van der Waals surface area contributed by atoms with Crippen LogP contribution < -0.4 is 5.32 Å². The van der Waals surface area contributed by atoms with E-state index in [0.717, 1.165) is 25.9 Å². The van der Waals surface area contributed by atoms with Gasteiger partial charge in [0.05, 0.1) is 0 Å². The standard InChI is InChI=1S/C10H13N3OS/c1(9-3-6-15-7-9)4-11-5-2-10-12-8-13-14-10/h3,6-8,11H,1-2,4-5H2. The molecule has 2 heterocycles. The molecule has 5 heteroatoms. The Hall–Kier alpha value is -1.20. The van der Waals surface area contributed by atoms with E-state index in [2.05, 4.69) is 32.3 Å². The largest absolute Gasteiger partial charge is 0.340 e. The molecule has 0 aliphatic rings. The average Bonchev–Trinajstić information content (AvgIpc) is 2.88. The summed E-state index contributed by atoms with van der Waals surface area (Å²) in [6.45, 7) is 1.87. The van der Waals surface area contributed by atoms with Crippen LogP contribution in [-0.4, -0.2) is 23.2 Å². The molecule has 80 valence electrons. The SMILES string of the molecule is c1noc(CCNCCc2ccsc2)n1. The van der Waals surface area contributed by atoms with E-state index >= 15 is 0 Å². The Balaban J connectivity index is 1.56. The van der Waals surface area contributed by atoms with Crippen LogP contribution in [0.25, 0.3) is 0 Å². The highest BCUT2D eigenvalue weighted by atomic mass is 32.1. The lowest BCUT2D eigenvalue weighted by molar-refractivity contribution is 0.375. The minimum atomic E-state index is 0.693. The van der Waals surface area contributed by atoms with E-state index < -0.39 is 0 Å². The molecule has 15 heavy (non-hydrogen) atoms. The molecule has 4 nitrogen and oxygen atoms in total. The smallest absolute Gasteiger partial charge is 0.227 e. The molecule has 0 amide bonds. The van der Waals surface area contributed by atoms with Crippen molar-refractivity contribution in [3.63, 3.8) is 0 Å². The maximum Gasteiger partial charge on any atom is 0.227 e. The summed E-state index contributed by atoms with van der Waals surface area (Å²) in [5, 5.41) is 11.2. The third kappa shape index (κ3) is 3.45. The molecular formula is C10H13N3OS. The highest BCUT2D eigenvalue weighted by molar-refractivity contribution is 7.07. The van der Waals surface area contributed by atoms with Gasteiger partial charge in [-0.3, -0.25) is 0 Å². The number of hydrogen-bond donors (Lipinski definition) is 1. The van der Waals surface area contributed by atoms with E-state index in [1.165, 1.54) is 11.9 Å². The monoisotopic (exact) mass is 223 g/mol. The molecule has 0 saturated carbocycles. The van der Waals surface area contributed by atoms with Crippen molar-refractivity contribution in [2.45, 2.75) is 12.8 Å². The number of nitrogens with zero attached hydrogens (tertiary/aromatic N) is 2. The highest BCUT2D eigenvalue weighted by Gasteiger charge is 1.98. The first-order chi connectivity index (χ1) is 7.45. The van der Waals surface area contributed by atoms with Crippen LogP contribution in [0.4, 0.5) is 0 Å². The van der Waals surface area contributed by atoms with Gasteiger partial charge in [-0.05, 0) is 35.4 Å². The van der Waals surface area contributed by atoms with E-state index in [9.17, 15) is 0 Å². The first kappa shape index (κ1) is 10.3. The fraction of sp³-hybridized carbons (Fsp3) is 0.400. The number of hydrogen-bond acceptors (Lipinski definition) is 5. The van der Waals surface area contributed by atoms with Crippen molar-refractivity contribution in [3.05, 3.63) is 34.6 Å². The zero-order valence-corrected chi connectivity index (χ0v) is 9.17. The van der Waals surface area contributed by atoms with E-state index in [4.69, 9.17) is 4.52 Å². The maximum absolute atomic E-state index is 4.89. The molecule has 0 aliphatic carbocycles. The van der Waals surface area contributed by atoms with Gasteiger partial charge in [-0.1, -0.05) is 5.16 Å². The quantitative estimate of drug-likeness (QED) is 0.754. The third-order valence-corrected chi connectivity index (χ3v) is 2.83. The van der Waals surface area contributed by atoms with Crippen molar-refractivity contribution >= 4 is 11.3 Å². The summed E-state index contributed by atoms with van der Waals surface area (Å²) < 4.78 is 4.89. The minimum Gasteiger partial charge on any atom is -0.340 e. The van der Waals surface area contributed by atoms with Crippen molar-refractivity contribution in [1.82, 2.24) is 15.5 Å². The Morgan fingerprint density at radius 3 is 3.00 bits per heavy atom. The lowest BCUT2D eigenvalue weighted by Gasteiger charge is -2.00. The first-order valence-electron chi connectivity index (χ1n) is 4.92. The Kier molecular flexibility index (Phi) is 3.87. The number of rotatable bonds is 6. The van der Waals surface area contributed by atoms with Crippen molar-refractivity contribution < 1.29 is 4.52 Å². The van der Waals surface area contributed by atoms with Gasteiger partial charge in [0.1, 0.15) is 0 Å². The molecule has 0 fully saturated rings. The fourth-order valence-corrected chi connectivity index (χ4v) is 2.00. The lowest BCUT2D eigenvalue weighted by Crippen LogP contribution is -2.20. The van der Waals surface area contributed by atoms with Crippen LogP contribution >= 0.6 is 11.3 Å². The van der Waals surface area contributed by atoms with Crippen LogP contribution in [0.3, 0.4) is 0 Å². The molecule has 0 spiro atoms. The second kappa shape index (κ2) is 5.63. The predicted molar refractivity (Wildman–Crippen MR) is 58.9 cm³/mol. The van der Waals surface area contributed by atoms with Gasteiger partial charge in [0.2, 0.25) is 5.89 Å². The van der Waals surface area contributed by atoms with Gasteiger partial charge in [0.25, 0.3) is 0 Å². The number of thiophene rings is 1. The molecule has 2 aromatic heterocycles. The summed E-state index contributed by atoms with van der Waals surface area (Å²) in [6, 6.07) is 2.16. The second-order valence-electron chi connectivity index (χ2n) is 3.22. The predicted octanol–water partition coefficient (Wildman–Crippen LogP) is 1.51. The Bertz CT molecular complexity index is 322. The average molecular weight is 223 g/mol. The summed E-state index contributed by atoms with van der Waals surface area (Å²) in [7, 11) is 0. The van der Waals surface area contributed by atoms with Gasteiger partial charge in [0, 0.05) is 13.0 Å². The molecule has 0 radical (unpaired) electrons. The molecule has 0 unspecified atom stereocenters. The topological polar surface area (TPSA) is 51.0 Å².